The zero-order valence-electron chi connectivity index (χ0n) is 7.29. The maximum atomic E-state index is 13.1. The SMILES string of the molecule is Cc1cc(Br)c(C(O)C(=O)O)cc1F. The van der Waals surface area contributed by atoms with E-state index in [2.05, 4.69) is 15.9 Å². The number of benzene rings is 1. The van der Waals surface area contributed by atoms with Crippen LogP contribution in [-0.4, -0.2) is 16.2 Å². The molecular weight excluding hydrogens is 255 g/mol. The van der Waals surface area contributed by atoms with Gasteiger partial charge in [0.2, 0.25) is 0 Å². The Hall–Kier alpha value is -0.940. The lowest BCUT2D eigenvalue weighted by atomic mass is 10.1. The van der Waals surface area contributed by atoms with E-state index in [9.17, 15) is 14.3 Å². The lowest BCUT2D eigenvalue weighted by molar-refractivity contribution is -0.147. The Morgan fingerprint density at radius 3 is 2.64 bits per heavy atom. The number of carbonyl (C=O) groups is 1. The van der Waals surface area contributed by atoms with Crippen molar-refractivity contribution in [3.05, 3.63) is 33.5 Å². The fraction of sp³-hybridized carbons (Fsp3) is 0.222. The summed E-state index contributed by atoms with van der Waals surface area (Å²) in [5, 5.41) is 17.7. The minimum absolute atomic E-state index is 0.0144. The molecule has 3 nitrogen and oxygen atoms in total. The number of aliphatic hydroxyl groups excluding tert-OH is 1. The van der Waals surface area contributed by atoms with Gasteiger partial charge in [-0.2, -0.15) is 0 Å². The Morgan fingerprint density at radius 2 is 2.14 bits per heavy atom. The Kier molecular flexibility index (Phi) is 3.23. The number of hydrogen-bond acceptors (Lipinski definition) is 2. The summed E-state index contributed by atoms with van der Waals surface area (Å²) in [6.07, 6.45) is -1.71. The number of halogens is 2. The molecule has 76 valence electrons. The number of aryl methyl sites for hydroxylation is 1. The summed E-state index contributed by atoms with van der Waals surface area (Å²) in [5.74, 6) is -1.95. The van der Waals surface area contributed by atoms with E-state index in [1.807, 2.05) is 0 Å². The third-order valence-corrected chi connectivity index (χ3v) is 2.49. The smallest absolute Gasteiger partial charge is 0.337 e. The highest BCUT2D eigenvalue weighted by Gasteiger charge is 2.20. The number of aliphatic hydroxyl groups is 1. The third kappa shape index (κ3) is 2.10. The monoisotopic (exact) mass is 262 g/mol. The molecule has 1 rings (SSSR count). The molecule has 1 aromatic rings. The second-order valence-electron chi connectivity index (χ2n) is 2.86. The van der Waals surface area contributed by atoms with E-state index < -0.39 is 17.9 Å². The highest BCUT2D eigenvalue weighted by molar-refractivity contribution is 9.10. The van der Waals surface area contributed by atoms with Crippen molar-refractivity contribution in [1.29, 1.82) is 0 Å². The molecule has 1 aromatic carbocycles. The maximum Gasteiger partial charge on any atom is 0.337 e. The molecule has 0 spiro atoms. The fourth-order valence-electron chi connectivity index (χ4n) is 1.00. The molecule has 0 aliphatic carbocycles. The van der Waals surface area contributed by atoms with Gasteiger partial charge in [-0.3, -0.25) is 0 Å². The summed E-state index contributed by atoms with van der Waals surface area (Å²) in [6.45, 7) is 1.55. The maximum absolute atomic E-state index is 13.1. The summed E-state index contributed by atoms with van der Waals surface area (Å²) >= 11 is 3.06. The zero-order chi connectivity index (χ0) is 10.9. The van der Waals surface area contributed by atoms with Crippen molar-refractivity contribution >= 4 is 21.9 Å². The first-order chi connectivity index (χ1) is 6.43. The van der Waals surface area contributed by atoms with Gasteiger partial charge in [-0.05, 0) is 24.6 Å². The van der Waals surface area contributed by atoms with Crippen LogP contribution in [0.15, 0.2) is 16.6 Å². The molecule has 5 heteroatoms. The van der Waals surface area contributed by atoms with Gasteiger partial charge in [0.25, 0.3) is 0 Å². The molecular formula is C9H8BrFO3. The predicted molar refractivity (Wildman–Crippen MR) is 51.4 cm³/mol. The Labute approximate surface area is 88.3 Å². The van der Waals surface area contributed by atoms with Gasteiger partial charge in [-0.25, -0.2) is 9.18 Å². The van der Waals surface area contributed by atoms with Gasteiger partial charge in [0.05, 0.1) is 0 Å². The molecule has 0 amide bonds. The third-order valence-electron chi connectivity index (χ3n) is 1.81. The normalized spacial score (nSPS) is 12.6. The van der Waals surface area contributed by atoms with E-state index in [0.29, 0.717) is 10.0 Å². The first kappa shape index (κ1) is 11.1. The predicted octanol–water partition coefficient (Wildman–Crippen LogP) is 2.01. The van der Waals surface area contributed by atoms with Gasteiger partial charge >= 0.3 is 5.97 Å². The van der Waals surface area contributed by atoms with E-state index in [0.717, 1.165) is 6.07 Å². The molecule has 2 N–H and O–H groups in total. The first-order valence-electron chi connectivity index (χ1n) is 3.80. The van der Waals surface area contributed by atoms with Crippen LogP contribution in [0.3, 0.4) is 0 Å². The molecule has 14 heavy (non-hydrogen) atoms. The van der Waals surface area contributed by atoms with Gasteiger partial charge in [-0.1, -0.05) is 15.9 Å². The molecule has 0 aromatic heterocycles. The van der Waals surface area contributed by atoms with Crippen LogP contribution in [0.2, 0.25) is 0 Å². The van der Waals surface area contributed by atoms with Crippen LogP contribution in [0.1, 0.15) is 17.2 Å². The van der Waals surface area contributed by atoms with Crippen LogP contribution >= 0.6 is 15.9 Å². The summed E-state index contributed by atoms with van der Waals surface area (Å²) in [5.41, 5.74) is 0.402. The van der Waals surface area contributed by atoms with Crippen molar-refractivity contribution in [3.63, 3.8) is 0 Å². The molecule has 0 aliphatic heterocycles. The Bertz CT molecular complexity index is 379. The molecule has 1 atom stereocenters. The van der Waals surface area contributed by atoms with Crippen LogP contribution in [0, 0.1) is 12.7 Å². The highest BCUT2D eigenvalue weighted by atomic mass is 79.9. The van der Waals surface area contributed by atoms with E-state index >= 15 is 0 Å². The summed E-state index contributed by atoms with van der Waals surface area (Å²) < 4.78 is 13.4. The quantitative estimate of drug-likeness (QED) is 0.858. The van der Waals surface area contributed by atoms with Crippen LogP contribution < -0.4 is 0 Å². The molecule has 0 radical (unpaired) electrons. The van der Waals surface area contributed by atoms with Gasteiger partial charge in [0.1, 0.15) is 5.82 Å². The van der Waals surface area contributed by atoms with Crippen LogP contribution in [0.4, 0.5) is 4.39 Å². The van der Waals surface area contributed by atoms with Gasteiger partial charge < -0.3 is 10.2 Å². The molecule has 0 heterocycles. The topological polar surface area (TPSA) is 57.5 Å². The second-order valence-corrected chi connectivity index (χ2v) is 3.72. The van der Waals surface area contributed by atoms with Crippen molar-refractivity contribution in [2.75, 3.05) is 0 Å². The van der Waals surface area contributed by atoms with Crippen molar-refractivity contribution < 1.29 is 19.4 Å². The largest absolute Gasteiger partial charge is 0.479 e. The number of rotatable bonds is 2. The van der Waals surface area contributed by atoms with E-state index in [1.165, 1.54) is 6.07 Å². The van der Waals surface area contributed by atoms with Crippen molar-refractivity contribution in [2.45, 2.75) is 13.0 Å². The molecule has 0 bridgehead atoms. The van der Waals surface area contributed by atoms with Crippen LogP contribution in [-0.2, 0) is 4.79 Å². The minimum Gasteiger partial charge on any atom is -0.479 e. The van der Waals surface area contributed by atoms with E-state index in [-0.39, 0.29) is 5.56 Å². The number of carboxylic acids is 1. The molecule has 0 saturated heterocycles. The lowest BCUT2D eigenvalue weighted by Crippen LogP contribution is -2.11. The number of carboxylic acid groups (broad SMARTS) is 1. The van der Waals surface area contributed by atoms with E-state index in [1.54, 1.807) is 6.92 Å². The highest BCUT2D eigenvalue weighted by Crippen LogP contribution is 2.26. The lowest BCUT2D eigenvalue weighted by Gasteiger charge is -2.09. The van der Waals surface area contributed by atoms with Crippen molar-refractivity contribution in [1.82, 2.24) is 0 Å². The van der Waals surface area contributed by atoms with Gasteiger partial charge in [0, 0.05) is 10.0 Å². The molecule has 1 unspecified atom stereocenters. The second kappa shape index (κ2) is 4.06. The minimum atomic E-state index is -1.71. The molecule has 0 aliphatic rings. The number of hydrogen-bond donors (Lipinski definition) is 2. The van der Waals surface area contributed by atoms with Crippen LogP contribution in [0.25, 0.3) is 0 Å². The standard InChI is InChI=1S/C9H8BrFO3/c1-4-2-6(10)5(3-7(4)11)8(12)9(13)14/h2-3,8,12H,1H3,(H,13,14). The summed E-state index contributed by atoms with van der Waals surface area (Å²) in [7, 11) is 0. The average Bonchev–Trinajstić information content (AvgIpc) is 2.10. The average molecular weight is 263 g/mol. The number of aliphatic carboxylic acids is 1. The zero-order valence-corrected chi connectivity index (χ0v) is 8.88. The Morgan fingerprint density at radius 1 is 1.57 bits per heavy atom. The molecule has 0 saturated carbocycles. The Balaban J connectivity index is 3.22. The van der Waals surface area contributed by atoms with Crippen molar-refractivity contribution in [3.8, 4) is 0 Å². The van der Waals surface area contributed by atoms with Gasteiger partial charge in [-0.15, -0.1) is 0 Å². The van der Waals surface area contributed by atoms with E-state index in [4.69, 9.17) is 5.11 Å². The van der Waals surface area contributed by atoms with Crippen LogP contribution in [0.5, 0.6) is 0 Å². The summed E-state index contributed by atoms with van der Waals surface area (Å²) in [6, 6.07) is 2.44. The van der Waals surface area contributed by atoms with Gasteiger partial charge in [0.15, 0.2) is 6.10 Å². The van der Waals surface area contributed by atoms with Crippen molar-refractivity contribution in [2.24, 2.45) is 0 Å². The fourth-order valence-corrected chi connectivity index (χ4v) is 1.68. The summed E-state index contributed by atoms with van der Waals surface area (Å²) in [4.78, 5) is 10.5. The first-order valence-corrected chi connectivity index (χ1v) is 4.59. The molecule has 0 fully saturated rings.